The molecule has 2 amide bonds. The molecule has 0 spiro atoms. The molecule has 21 heavy (non-hydrogen) atoms. The van der Waals surface area contributed by atoms with E-state index in [1.165, 1.54) is 6.07 Å². The van der Waals surface area contributed by atoms with Gasteiger partial charge in [-0.05, 0) is 50.1 Å². The largest absolute Gasteiger partial charge is 0.268 e. The van der Waals surface area contributed by atoms with Crippen LogP contribution in [0.2, 0.25) is 5.02 Å². The van der Waals surface area contributed by atoms with Crippen molar-refractivity contribution < 1.29 is 14.0 Å². The van der Waals surface area contributed by atoms with E-state index in [0.717, 1.165) is 4.90 Å². The maximum Gasteiger partial charge on any atom is 0.266 e. The maximum atomic E-state index is 14.0. The van der Waals surface area contributed by atoms with Crippen molar-refractivity contribution in [3.8, 4) is 0 Å². The highest BCUT2D eigenvalue weighted by atomic mass is 79.9. The molecular weight excluding hydrogens is 428 g/mol. The maximum absolute atomic E-state index is 14.0. The fraction of sp³-hybridized carbons (Fsp3) is 0. The Hall–Kier alpha value is -1.24. The van der Waals surface area contributed by atoms with Gasteiger partial charge in [0.2, 0.25) is 0 Å². The number of carbonyl (C=O) groups is 2. The minimum Gasteiger partial charge on any atom is -0.268 e. The number of nitrogens with zero attached hydrogens (tertiary/aromatic N) is 1. The van der Waals surface area contributed by atoms with Crippen molar-refractivity contribution in [1.82, 2.24) is 0 Å². The Morgan fingerprint density at radius 3 is 2.10 bits per heavy atom. The van der Waals surface area contributed by atoms with Crippen LogP contribution in [0.4, 0.5) is 10.1 Å². The van der Waals surface area contributed by atoms with Gasteiger partial charge in [-0.2, -0.15) is 0 Å². The smallest absolute Gasteiger partial charge is 0.266 e. The van der Waals surface area contributed by atoms with E-state index in [-0.39, 0.29) is 30.8 Å². The summed E-state index contributed by atoms with van der Waals surface area (Å²) in [5.41, 5.74) is 0.547. The van der Waals surface area contributed by atoms with Crippen LogP contribution >= 0.6 is 43.5 Å². The highest BCUT2D eigenvalue weighted by Gasteiger charge is 2.39. The molecule has 2 aromatic carbocycles. The molecule has 0 saturated carbocycles. The molecule has 3 nitrogen and oxygen atoms in total. The summed E-state index contributed by atoms with van der Waals surface area (Å²) in [6.45, 7) is 0. The number of anilines is 1. The lowest BCUT2D eigenvalue weighted by atomic mass is 10.1. The number of carbonyl (C=O) groups excluding carboxylic acids is 2. The molecule has 3 rings (SSSR count). The molecule has 106 valence electrons. The molecule has 0 N–H and O–H groups in total. The predicted octanol–water partition coefficient (Wildman–Crippen LogP) is 4.80. The first kappa shape index (κ1) is 14.7. The van der Waals surface area contributed by atoms with Crippen LogP contribution in [0.3, 0.4) is 0 Å². The number of amides is 2. The summed E-state index contributed by atoms with van der Waals surface area (Å²) in [5, 5.41) is 0.0876. The summed E-state index contributed by atoms with van der Waals surface area (Å²) in [5.74, 6) is -1.69. The Balaban J connectivity index is 2.23. The molecule has 0 aliphatic carbocycles. The van der Waals surface area contributed by atoms with Crippen molar-refractivity contribution in [2.45, 2.75) is 0 Å². The predicted molar refractivity (Wildman–Crippen MR) is 84.4 cm³/mol. The highest BCUT2D eigenvalue weighted by Crippen LogP contribution is 2.42. The van der Waals surface area contributed by atoms with Crippen molar-refractivity contribution >= 4 is 61.0 Å². The molecule has 0 aromatic heterocycles. The van der Waals surface area contributed by atoms with Crippen LogP contribution in [0.25, 0.3) is 0 Å². The van der Waals surface area contributed by atoms with Crippen molar-refractivity contribution in [2.75, 3.05) is 4.90 Å². The third-order valence-corrected chi connectivity index (χ3v) is 4.70. The molecule has 0 atom stereocenters. The van der Waals surface area contributed by atoms with E-state index in [2.05, 4.69) is 31.9 Å². The van der Waals surface area contributed by atoms with Crippen molar-refractivity contribution in [3.05, 3.63) is 61.2 Å². The first-order chi connectivity index (χ1) is 9.93. The molecule has 1 heterocycles. The van der Waals surface area contributed by atoms with Gasteiger partial charge in [-0.3, -0.25) is 9.59 Å². The summed E-state index contributed by atoms with van der Waals surface area (Å²) >= 11 is 12.2. The van der Waals surface area contributed by atoms with Gasteiger partial charge in [0.05, 0.1) is 30.8 Å². The number of fused-ring (bicyclic) bond motifs is 1. The lowest BCUT2D eigenvalue weighted by Crippen LogP contribution is -2.30. The Labute approximate surface area is 140 Å². The van der Waals surface area contributed by atoms with Gasteiger partial charge in [-0.1, -0.05) is 23.7 Å². The molecule has 0 radical (unpaired) electrons. The van der Waals surface area contributed by atoms with Crippen LogP contribution in [0.1, 0.15) is 20.7 Å². The van der Waals surface area contributed by atoms with E-state index in [1.807, 2.05) is 0 Å². The van der Waals surface area contributed by atoms with Crippen LogP contribution in [0, 0.1) is 5.82 Å². The minimum absolute atomic E-state index is 0.00330. The zero-order chi connectivity index (χ0) is 15.3. The standard InChI is InChI=1S/C14H5Br2ClFNO2/c15-8-5-9(17)12(10(16)11(8)18)19-13(20)6-3-1-2-4-7(6)14(19)21/h1-5H. The van der Waals surface area contributed by atoms with Gasteiger partial charge in [-0.15, -0.1) is 0 Å². The lowest BCUT2D eigenvalue weighted by Gasteiger charge is -2.18. The van der Waals surface area contributed by atoms with E-state index >= 15 is 0 Å². The van der Waals surface area contributed by atoms with Crippen LogP contribution < -0.4 is 4.90 Å². The molecular formula is C14H5Br2ClFNO2. The second-order valence-corrected chi connectivity index (χ2v) is 6.36. The lowest BCUT2D eigenvalue weighted by molar-refractivity contribution is 0.0926. The Bertz CT molecular complexity index is 775. The van der Waals surface area contributed by atoms with Crippen LogP contribution in [-0.2, 0) is 0 Å². The second-order valence-electron chi connectivity index (χ2n) is 4.31. The van der Waals surface area contributed by atoms with Crippen LogP contribution in [0.5, 0.6) is 0 Å². The number of imide groups is 1. The first-order valence-corrected chi connectivity index (χ1v) is 7.70. The third kappa shape index (κ3) is 2.13. The van der Waals surface area contributed by atoms with Gasteiger partial charge in [0.1, 0.15) is 0 Å². The fourth-order valence-corrected chi connectivity index (χ4v) is 3.99. The third-order valence-electron chi connectivity index (χ3n) is 3.11. The minimum atomic E-state index is -0.633. The van der Waals surface area contributed by atoms with Crippen LogP contribution in [0.15, 0.2) is 39.3 Å². The van der Waals surface area contributed by atoms with Gasteiger partial charge in [-0.25, -0.2) is 9.29 Å². The summed E-state index contributed by atoms with van der Waals surface area (Å²) < 4.78 is 14.1. The van der Waals surface area contributed by atoms with E-state index < -0.39 is 17.6 Å². The topological polar surface area (TPSA) is 37.4 Å². The fourth-order valence-electron chi connectivity index (χ4n) is 2.15. The Kier molecular flexibility index (Phi) is 3.63. The quantitative estimate of drug-likeness (QED) is 0.368. The Morgan fingerprint density at radius 1 is 1.05 bits per heavy atom. The van der Waals surface area contributed by atoms with Gasteiger partial charge in [0.15, 0.2) is 5.82 Å². The summed E-state index contributed by atoms with van der Waals surface area (Å²) in [4.78, 5) is 25.7. The monoisotopic (exact) mass is 431 g/mol. The first-order valence-electron chi connectivity index (χ1n) is 5.74. The van der Waals surface area contributed by atoms with E-state index in [1.54, 1.807) is 24.3 Å². The SMILES string of the molecule is O=C1c2ccccc2C(=O)N1c1c(Cl)cc(Br)c(F)c1Br. The molecule has 1 aliphatic heterocycles. The van der Waals surface area contributed by atoms with E-state index in [0.29, 0.717) is 0 Å². The molecule has 2 aromatic rings. The van der Waals surface area contributed by atoms with Gasteiger partial charge < -0.3 is 0 Å². The van der Waals surface area contributed by atoms with Crippen LogP contribution in [-0.4, -0.2) is 11.8 Å². The summed E-state index contributed by atoms with van der Waals surface area (Å²) in [7, 11) is 0. The zero-order valence-corrected chi connectivity index (χ0v) is 14.1. The van der Waals surface area contributed by atoms with Gasteiger partial charge in [0, 0.05) is 0 Å². The molecule has 0 fully saturated rings. The molecule has 0 unspecified atom stereocenters. The molecule has 7 heteroatoms. The number of halogens is 4. The molecule has 0 saturated heterocycles. The Morgan fingerprint density at radius 2 is 1.57 bits per heavy atom. The summed E-state index contributed by atoms with van der Waals surface area (Å²) in [6.07, 6.45) is 0. The average molecular weight is 433 g/mol. The number of hydrogen-bond donors (Lipinski definition) is 0. The number of benzene rings is 2. The van der Waals surface area contributed by atoms with Gasteiger partial charge >= 0.3 is 0 Å². The van der Waals surface area contributed by atoms with Crippen molar-refractivity contribution in [1.29, 1.82) is 0 Å². The van der Waals surface area contributed by atoms with Crippen molar-refractivity contribution in [3.63, 3.8) is 0 Å². The molecule has 1 aliphatic rings. The van der Waals surface area contributed by atoms with Gasteiger partial charge in [0.25, 0.3) is 11.8 Å². The normalized spacial score (nSPS) is 13.8. The summed E-state index contributed by atoms with van der Waals surface area (Å²) in [6, 6.07) is 7.72. The second kappa shape index (κ2) is 5.19. The van der Waals surface area contributed by atoms with E-state index in [9.17, 15) is 14.0 Å². The van der Waals surface area contributed by atoms with E-state index in [4.69, 9.17) is 11.6 Å². The zero-order valence-electron chi connectivity index (χ0n) is 10.2. The highest BCUT2D eigenvalue weighted by molar-refractivity contribution is 9.11. The average Bonchev–Trinajstić information content (AvgIpc) is 2.71. The molecule has 0 bridgehead atoms. The number of hydrogen-bond acceptors (Lipinski definition) is 2. The number of rotatable bonds is 1. The van der Waals surface area contributed by atoms with Crippen molar-refractivity contribution in [2.24, 2.45) is 0 Å².